The maximum atomic E-state index is 12.0. The first-order valence-corrected chi connectivity index (χ1v) is 7.64. The number of carbonyl (C=O) groups is 2. The van der Waals surface area contributed by atoms with E-state index in [1.54, 1.807) is 6.92 Å². The fourth-order valence-corrected chi connectivity index (χ4v) is 2.24. The average molecular weight is 301 g/mol. The fraction of sp³-hybridized carbons (Fsp3) is 0.867. The standard InChI is InChI=1S/C15H27NO5/c1-10(2)6-8-21-11(3)14(17)16-13(15(18)19)12-5-4-7-20-9-12/h10-13H,4-9H2,1-3H3,(H,16,17)(H,18,19). The lowest BCUT2D eigenvalue weighted by atomic mass is 9.93. The molecule has 6 heteroatoms. The summed E-state index contributed by atoms with van der Waals surface area (Å²) in [5.74, 6) is -1.07. The number of ether oxygens (including phenoxy) is 2. The van der Waals surface area contributed by atoms with Gasteiger partial charge in [-0.15, -0.1) is 0 Å². The van der Waals surface area contributed by atoms with E-state index in [2.05, 4.69) is 19.2 Å². The molecule has 1 saturated heterocycles. The molecule has 0 radical (unpaired) electrons. The van der Waals surface area contributed by atoms with Crippen molar-refractivity contribution in [2.45, 2.75) is 52.2 Å². The lowest BCUT2D eigenvalue weighted by molar-refractivity contribution is -0.147. The van der Waals surface area contributed by atoms with Crippen molar-refractivity contribution in [3.8, 4) is 0 Å². The molecule has 0 aromatic carbocycles. The molecule has 0 bridgehead atoms. The highest BCUT2D eigenvalue weighted by molar-refractivity contribution is 5.86. The number of carbonyl (C=O) groups excluding carboxylic acids is 1. The van der Waals surface area contributed by atoms with Gasteiger partial charge >= 0.3 is 5.97 Å². The summed E-state index contributed by atoms with van der Waals surface area (Å²) in [6.45, 7) is 7.34. The molecule has 0 aliphatic carbocycles. The van der Waals surface area contributed by atoms with E-state index in [0.29, 0.717) is 25.7 Å². The van der Waals surface area contributed by atoms with Crippen molar-refractivity contribution in [3.63, 3.8) is 0 Å². The average Bonchev–Trinajstić information content (AvgIpc) is 2.44. The maximum absolute atomic E-state index is 12.0. The summed E-state index contributed by atoms with van der Waals surface area (Å²) in [4.78, 5) is 23.4. The zero-order chi connectivity index (χ0) is 15.8. The number of aliphatic carboxylic acids is 1. The topological polar surface area (TPSA) is 84.9 Å². The smallest absolute Gasteiger partial charge is 0.326 e. The SMILES string of the molecule is CC(C)CCOC(C)C(=O)NC(C(=O)O)C1CCCOC1. The first kappa shape index (κ1) is 17.9. The van der Waals surface area contributed by atoms with Gasteiger partial charge in [0.1, 0.15) is 12.1 Å². The van der Waals surface area contributed by atoms with Crippen LogP contribution >= 0.6 is 0 Å². The predicted molar refractivity (Wildman–Crippen MR) is 78.0 cm³/mol. The Morgan fingerprint density at radius 2 is 2.10 bits per heavy atom. The van der Waals surface area contributed by atoms with Crippen molar-refractivity contribution in [2.75, 3.05) is 19.8 Å². The van der Waals surface area contributed by atoms with Crippen molar-refractivity contribution >= 4 is 11.9 Å². The number of nitrogens with one attached hydrogen (secondary N) is 1. The maximum Gasteiger partial charge on any atom is 0.326 e. The number of amides is 1. The van der Waals surface area contributed by atoms with Crippen LogP contribution in [0, 0.1) is 11.8 Å². The third-order valence-corrected chi connectivity index (χ3v) is 3.66. The van der Waals surface area contributed by atoms with Crippen molar-refractivity contribution in [2.24, 2.45) is 11.8 Å². The molecule has 1 rings (SSSR count). The molecule has 0 aromatic rings. The highest BCUT2D eigenvalue weighted by atomic mass is 16.5. The van der Waals surface area contributed by atoms with Crippen molar-refractivity contribution in [3.05, 3.63) is 0 Å². The molecule has 1 heterocycles. The van der Waals surface area contributed by atoms with Gasteiger partial charge in [0.15, 0.2) is 0 Å². The summed E-state index contributed by atoms with van der Waals surface area (Å²) in [5.41, 5.74) is 0. The van der Waals surface area contributed by atoms with Gasteiger partial charge in [-0.05, 0) is 32.1 Å². The highest BCUT2D eigenvalue weighted by Gasteiger charge is 2.32. The van der Waals surface area contributed by atoms with Crippen LogP contribution in [0.1, 0.15) is 40.0 Å². The molecule has 1 fully saturated rings. The van der Waals surface area contributed by atoms with E-state index >= 15 is 0 Å². The first-order chi connectivity index (χ1) is 9.91. The van der Waals surface area contributed by atoms with Gasteiger partial charge in [0, 0.05) is 19.1 Å². The number of carboxylic acids is 1. The third-order valence-electron chi connectivity index (χ3n) is 3.66. The summed E-state index contributed by atoms with van der Waals surface area (Å²) in [5, 5.41) is 11.9. The van der Waals surface area contributed by atoms with E-state index in [0.717, 1.165) is 19.3 Å². The number of hydrogen-bond donors (Lipinski definition) is 2. The molecule has 2 N–H and O–H groups in total. The Morgan fingerprint density at radius 1 is 1.38 bits per heavy atom. The fourth-order valence-electron chi connectivity index (χ4n) is 2.24. The molecule has 3 atom stereocenters. The van der Waals surface area contributed by atoms with Gasteiger partial charge in [0.25, 0.3) is 0 Å². The number of hydrogen-bond acceptors (Lipinski definition) is 4. The zero-order valence-electron chi connectivity index (χ0n) is 13.1. The first-order valence-electron chi connectivity index (χ1n) is 7.64. The van der Waals surface area contributed by atoms with Gasteiger partial charge < -0.3 is 19.9 Å². The third kappa shape index (κ3) is 6.44. The van der Waals surface area contributed by atoms with E-state index in [4.69, 9.17) is 9.47 Å². The normalized spacial score (nSPS) is 21.8. The monoisotopic (exact) mass is 301 g/mol. The Labute approximate surface area is 126 Å². The summed E-state index contributed by atoms with van der Waals surface area (Å²) in [7, 11) is 0. The van der Waals surface area contributed by atoms with Crippen LogP contribution < -0.4 is 5.32 Å². The van der Waals surface area contributed by atoms with Gasteiger partial charge in [-0.3, -0.25) is 4.79 Å². The molecule has 1 aliphatic rings. The predicted octanol–water partition coefficient (Wildman–Crippen LogP) is 1.43. The van der Waals surface area contributed by atoms with Crippen LogP contribution in [0.15, 0.2) is 0 Å². The van der Waals surface area contributed by atoms with Crippen molar-refractivity contribution < 1.29 is 24.2 Å². The van der Waals surface area contributed by atoms with E-state index in [1.807, 2.05) is 0 Å². The van der Waals surface area contributed by atoms with Gasteiger partial charge in [-0.25, -0.2) is 4.79 Å². The van der Waals surface area contributed by atoms with E-state index in [9.17, 15) is 14.7 Å². The minimum Gasteiger partial charge on any atom is -0.480 e. The molecule has 1 amide bonds. The number of carboxylic acid groups (broad SMARTS) is 1. The van der Waals surface area contributed by atoms with Crippen LogP contribution in [0.25, 0.3) is 0 Å². The Morgan fingerprint density at radius 3 is 2.62 bits per heavy atom. The van der Waals surface area contributed by atoms with Gasteiger partial charge in [-0.2, -0.15) is 0 Å². The second-order valence-electron chi connectivity index (χ2n) is 6.00. The largest absolute Gasteiger partial charge is 0.480 e. The summed E-state index contributed by atoms with van der Waals surface area (Å²) < 4.78 is 10.7. The Hall–Kier alpha value is -1.14. The molecule has 6 nitrogen and oxygen atoms in total. The summed E-state index contributed by atoms with van der Waals surface area (Å²) >= 11 is 0. The molecular formula is C15H27NO5. The second-order valence-corrected chi connectivity index (χ2v) is 6.00. The second kappa shape index (κ2) is 9.00. The molecule has 21 heavy (non-hydrogen) atoms. The Kier molecular flexibility index (Phi) is 7.67. The van der Waals surface area contributed by atoms with Gasteiger partial charge in [-0.1, -0.05) is 13.8 Å². The van der Waals surface area contributed by atoms with Gasteiger partial charge in [0.05, 0.1) is 6.61 Å². The Balaban J connectivity index is 2.45. The minimum atomic E-state index is -1.02. The Bertz CT molecular complexity index is 339. The summed E-state index contributed by atoms with van der Waals surface area (Å²) in [6.07, 6.45) is 1.80. The van der Waals surface area contributed by atoms with Crippen molar-refractivity contribution in [1.29, 1.82) is 0 Å². The quantitative estimate of drug-likeness (QED) is 0.708. The van der Waals surface area contributed by atoms with Crippen LogP contribution in [0.3, 0.4) is 0 Å². The van der Waals surface area contributed by atoms with E-state index in [-0.39, 0.29) is 11.8 Å². The molecule has 0 spiro atoms. The van der Waals surface area contributed by atoms with Crippen LogP contribution in [0.4, 0.5) is 0 Å². The lowest BCUT2D eigenvalue weighted by Gasteiger charge is -2.28. The van der Waals surface area contributed by atoms with E-state index in [1.165, 1.54) is 0 Å². The molecule has 0 saturated carbocycles. The molecule has 1 aliphatic heterocycles. The summed E-state index contributed by atoms with van der Waals surface area (Å²) in [6, 6.07) is -0.908. The van der Waals surface area contributed by atoms with Crippen LogP contribution in [0.5, 0.6) is 0 Å². The molecular weight excluding hydrogens is 274 g/mol. The zero-order valence-corrected chi connectivity index (χ0v) is 13.1. The highest BCUT2D eigenvalue weighted by Crippen LogP contribution is 2.18. The molecule has 122 valence electrons. The minimum absolute atomic E-state index is 0.178. The lowest BCUT2D eigenvalue weighted by Crippen LogP contribution is -2.51. The molecule has 0 aromatic heterocycles. The van der Waals surface area contributed by atoms with Crippen LogP contribution in [-0.2, 0) is 19.1 Å². The van der Waals surface area contributed by atoms with Crippen molar-refractivity contribution in [1.82, 2.24) is 5.32 Å². The van der Waals surface area contributed by atoms with Crippen LogP contribution in [0.2, 0.25) is 0 Å². The molecule has 3 unspecified atom stereocenters. The van der Waals surface area contributed by atoms with E-state index < -0.39 is 18.1 Å². The van der Waals surface area contributed by atoms with Gasteiger partial charge in [0.2, 0.25) is 5.91 Å². The van der Waals surface area contributed by atoms with Crippen LogP contribution in [-0.4, -0.2) is 48.9 Å². The number of rotatable bonds is 8.